The van der Waals surface area contributed by atoms with E-state index in [9.17, 15) is 4.39 Å². The molecule has 0 aliphatic heterocycles. The fourth-order valence-electron chi connectivity index (χ4n) is 1.78. The van der Waals surface area contributed by atoms with E-state index in [0.717, 1.165) is 11.1 Å². The Labute approximate surface area is 114 Å². The second-order valence-electron chi connectivity index (χ2n) is 5.81. The molecule has 2 aromatic rings. The summed E-state index contributed by atoms with van der Waals surface area (Å²) in [5.74, 6) is 0.584. The van der Waals surface area contributed by atoms with Crippen LogP contribution in [0.2, 0.25) is 0 Å². The Hall–Kier alpha value is -1.83. The van der Waals surface area contributed by atoms with Crippen molar-refractivity contribution in [2.45, 2.75) is 33.1 Å². The summed E-state index contributed by atoms with van der Waals surface area (Å²) in [5.41, 5.74) is 2.17. The largest absolute Gasteiger partial charge is 0.454 e. The van der Waals surface area contributed by atoms with Crippen molar-refractivity contribution in [3.8, 4) is 11.5 Å². The van der Waals surface area contributed by atoms with Crippen LogP contribution in [0.5, 0.6) is 11.5 Å². The van der Waals surface area contributed by atoms with Crippen LogP contribution >= 0.6 is 0 Å². The van der Waals surface area contributed by atoms with Crippen molar-refractivity contribution >= 4 is 0 Å². The first-order valence-electron chi connectivity index (χ1n) is 6.41. The molecule has 2 rings (SSSR count). The van der Waals surface area contributed by atoms with E-state index in [1.165, 1.54) is 6.07 Å². The number of ether oxygens (including phenoxy) is 1. The van der Waals surface area contributed by atoms with E-state index < -0.39 is 0 Å². The second kappa shape index (κ2) is 5.04. The highest BCUT2D eigenvalue weighted by Gasteiger charge is 2.16. The molecule has 0 aliphatic rings. The SMILES string of the molecule is Cc1ccc(Oc2cc(C(C)(C)C)ccc2F)cc1. The van der Waals surface area contributed by atoms with Crippen molar-refractivity contribution in [3.63, 3.8) is 0 Å². The van der Waals surface area contributed by atoms with Gasteiger partial charge >= 0.3 is 0 Å². The first-order chi connectivity index (χ1) is 8.86. The lowest BCUT2D eigenvalue weighted by Gasteiger charge is -2.20. The zero-order valence-corrected chi connectivity index (χ0v) is 11.8. The molecule has 100 valence electrons. The zero-order valence-electron chi connectivity index (χ0n) is 11.8. The summed E-state index contributed by atoms with van der Waals surface area (Å²) >= 11 is 0. The van der Waals surface area contributed by atoms with Crippen molar-refractivity contribution in [3.05, 3.63) is 59.4 Å². The maximum absolute atomic E-state index is 13.8. The molecule has 0 atom stereocenters. The van der Waals surface area contributed by atoms with Gasteiger partial charge in [-0.25, -0.2) is 4.39 Å². The van der Waals surface area contributed by atoms with Crippen LogP contribution in [-0.2, 0) is 5.41 Å². The molecule has 0 saturated carbocycles. The third-order valence-corrected chi connectivity index (χ3v) is 3.05. The van der Waals surface area contributed by atoms with Gasteiger partial charge in [0.25, 0.3) is 0 Å². The van der Waals surface area contributed by atoms with E-state index in [1.54, 1.807) is 12.1 Å². The second-order valence-corrected chi connectivity index (χ2v) is 5.81. The Kier molecular flexibility index (Phi) is 3.61. The maximum atomic E-state index is 13.8. The van der Waals surface area contributed by atoms with Crippen LogP contribution in [0.4, 0.5) is 4.39 Å². The van der Waals surface area contributed by atoms with Gasteiger partial charge in [0, 0.05) is 0 Å². The van der Waals surface area contributed by atoms with E-state index in [-0.39, 0.29) is 17.0 Å². The summed E-state index contributed by atoms with van der Waals surface area (Å²) in [5, 5.41) is 0. The zero-order chi connectivity index (χ0) is 14.0. The van der Waals surface area contributed by atoms with Crippen molar-refractivity contribution < 1.29 is 9.13 Å². The van der Waals surface area contributed by atoms with E-state index in [4.69, 9.17) is 4.74 Å². The summed E-state index contributed by atoms with van der Waals surface area (Å²) in [7, 11) is 0. The van der Waals surface area contributed by atoms with Crippen LogP contribution in [0, 0.1) is 12.7 Å². The molecule has 0 N–H and O–H groups in total. The molecule has 0 aromatic heterocycles. The number of hydrogen-bond acceptors (Lipinski definition) is 1. The maximum Gasteiger partial charge on any atom is 0.165 e. The molecule has 0 aliphatic carbocycles. The molecule has 0 saturated heterocycles. The lowest BCUT2D eigenvalue weighted by atomic mass is 9.87. The first-order valence-corrected chi connectivity index (χ1v) is 6.41. The highest BCUT2D eigenvalue weighted by Crippen LogP contribution is 2.30. The molecule has 2 aromatic carbocycles. The Morgan fingerprint density at radius 1 is 0.947 bits per heavy atom. The van der Waals surface area contributed by atoms with Gasteiger partial charge in [0.05, 0.1) is 0 Å². The molecule has 1 nitrogen and oxygen atoms in total. The van der Waals surface area contributed by atoms with Gasteiger partial charge < -0.3 is 4.74 Å². The third kappa shape index (κ3) is 3.34. The number of rotatable bonds is 2. The van der Waals surface area contributed by atoms with Gasteiger partial charge in [0.15, 0.2) is 11.6 Å². The quantitative estimate of drug-likeness (QED) is 0.717. The smallest absolute Gasteiger partial charge is 0.165 e. The van der Waals surface area contributed by atoms with Crippen LogP contribution in [0.3, 0.4) is 0 Å². The molecule has 2 heteroatoms. The van der Waals surface area contributed by atoms with E-state index in [2.05, 4.69) is 20.8 Å². The van der Waals surface area contributed by atoms with Gasteiger partial charge in [-0.3, -0.25) is 0 Å². The highest BCUT2D eigenvalue weighted by molar-refractivity contribution is 5.38. The molecule has 0 spiro atoms. The summed E-state index contributed by atoms with van der Waals surface area (Å²) in [6, 6.07) is 12.6. The average Bonchev–Trinajstić information content (AvgIpc) is 2.33. The van der Waals surface area contributed by atoms with Gasteiger partial charge in [-0.15, -0.1) is 0 Å². The lowest BCUT2D eigenvalue weighted by Crippen LogP contribution is -2.11. The molecule has 0 bridgehead atoms. The number of halogens is 1. The summed E-state index contributed by atoms with van der Waals surface area (Å²) in [6.45, 7) is 8.28. The monoisotopic (exact) mass is 258 g/mol. The number of hydrogen-bond donors (Lipinski definition) is 0. The highest BCUT2D eigenvalue weighted by atomic mass is 19.1. The minimum Gasteiger partial charge on any atom is -0.454 e. The topological polar surface area (TPSA) is 9.23 Å². The summed E-state index contributed by atoms with van der Waals surface area (Å²) in [4.78, 5) is 0. The Bertz CT molecular complexity index is 565. The van der Waals surface area contributed by atoms with Crippen LogP contribution in [-0.4, -0.2) is 0 Å². The Morgan fingerprint density at radius 2 is 1.58 bits per heavy atom. The van der Waals surface area contributed by atoms with Gasteiger partial charge in [-0.05, 0) is 42.2 Å². The number of aryl methyl sites for hydroxylation is 1. The lowest BCUT2D eigenvalue weighted by molar-refractivity contribution is 0.438. The van der Waals surface area contributed by atoms with Crippen molar-refractivity contribution in [2.24, 2.45) is 0 Å². The third-order valence-electron chi connectivity index (χ3n) is 3.05. The molecule has 19 heavy (non-hydrogen) atoms. The molecular weight excluding hydrogens is 239 g/mol. The first kappa shape index (κ1) is 13.6. The van der Waals surface area contributed by atoms with Gasteiger partial charge in [0.2, 0.25) is 0 Å². The van der Waals surface area contributed by atoms with Crippen molar-refractivity contribution in [1.29, 1.82) is 0 Å². The van der Waals surface area contributed by atoms with Gasteiger partial charge in [-0.1, -0.05) is 44.5 Å². The molecule has 0 amide bonds. The minimum atomic E-state index is -0.339. The van der Waals surface area contributed by atoms with Gasteiger partial charge in [0.1, 0.15) is 5.75 Å². The van der Waals surface area contributed by atoms with Crippen LogP contribution in [0.25, 0.3) is 0 Å². The Morgan fingerprint density at radius 3 is 2.16 bits per heavy atom. The predicted octanol–water partition coefficient (Wildman–Crippen LogP) is 5.22. The fraction of sp³-hybridized carbons (Fsp3) is 0.294. The average molecular weight is 258 g/mol. The fourth-order valence-corrected chi connectivity index (χ4v) is 1.78. The number of benzene rings is 2. The minimum absolute atomic E-state index is 0.0287. The van der Waals surface area contributed by atoms with E-state index >= 15 is 0 Å². The molecule has 0 unspecified atom stereocenters. The summed E-state index contributed by atoms with van der Waals surface area (Å²) in [6.07, 6.45) is 0. The molecular formula is C17H19FO. The predicted molar refractivity (Wildman–Crippen MR) is 76.4 cm³/mol. The van der Waals surface area contributed by atoms with E-state index in [0.29, 0.717) is 5.75 Å². The molecule has 0 radical (unpaired) electrons. The van der Waals surface area contributed by atoms with Gasteiger partial charge in [-0.2, -0.15) is 0 Å². The standard InChI is InChI=1S/C17H19FO/c1-12-5-8-14(9-6-12)19-16-11-13(17(2,3)4)7-10-15(16)18/h5-11H,1-4H3. The Balaban J connectivity index is 2.31. The normalized spacial score (nSPS) is 11.4. The van der Waals surface area contributed by atoms with Crippen molar-refractivity contribution in [2.75, 3.05) is 0 Å². The molecule has 0 fully saturated rings. The molecule has 0 heterocycles. The van der Waals surface area contributed by atoms with Crippen molar-refractivity contribution in [1.82, 2.24) is 0 Å². The van der Waals surface area contributed by atoms with Crippen LogP contribution < -0.4 is 4.74 Å². The van der Waals surface area contributed by atoms with Crippen LogP contribution in [0.1, 0.15) is 31.9 Å². The van der Waals surface area contributed by atoms with E-state index in [1.807, 2.05) is 31.2 Å². The van der Waals surface area contributed by atoms with Crippen LogP contribution in [0.15, 0.2) is 42.5 Å². The summed E-state index contributed by atoms with van der Waals surface area (Å²) < 4.78 is 19.4.